The van der Waals surface area contributed by atoms with Crippen LogP contribution in [0.25, 0.3) is 16.7 Å². The molecule has 0 aliphatic carbocycles. The molecule has 184 valence electrons. The van der Waals surface area contributed by atoms with Gasteiger partial charge in [-0.2, -0.15) is 13.2 Å². The highest BCUT2D eigenvalue weighted by atomic mass is 19.4. The fourth-order valence-electron chi connectivity index (χ4n) is 3.85. The molecule has 2 aromatic carbocycles. The number of carbonyl (C=O) groups excluding carboxylic acids is 1. The fourth-order valence-corrected chi connectivity index (χ4v) is 3.85. The van der Waals surface area contributed by atoms with Gasteiger partial charge in [0.1, 0.15) is 0 Å². The number of alkyl halides is 3. The quantitative estimate of drug-likeness (QED) is 0.434. The lowest BCUT2D eigenvalue weighted by Crippen LogP contribution is -2.34. The normalized spacial score (nSPS) is 12.8. The van der Waals surface area contributed by atoms with Crippen molar-refractivity contribution in [3.63, 3.8) is 0 Å². The van der Waals surface area contributed by atoms with Crippen LogP contribution in [0.4, 0.5) is 13.2 Å². The molecule has 0 saturated carbocycles. The van der Waals surface area contributed by atoms with Crippen LogP contribution in [0.5, 0.6) is 0 Å². The molecular formula is C24H24F3N5O3. The van der Waals surface area contributed by atoms with Crippen molar-refractivity contribution in [3.8, 4) is 0 Å². The molecule has 0 aliphatic rings. The van der Waals surface area contributed by atoms with Gasteiger partial charge < -0.3 is 5.32 Å². The van der Waals surface area contributed by atoms with Crippen molar-refractivity contribution < 1.29 is 18.0 Å². The Morgan fingerprint density at radius 1 is 1.11 bits per heavy atom. The number of nitrogens with one attached hydrogen (secondary N) is 1. The summed E-state index contributed by atoms with van der Waals surface area (Å²) in [6.45, 7) is 3.57. The van der Waals surface area contributed by atoms with E-state index < -0.39 is 23.0 Å². The number of hydrogen-bond acceptors (Lipinski definition) is 4. The van der Waals surface area contributed by atoms with Crippen LogP contribution in [0.1, 0.15) is 37.8 Å². The highest BCUT2D eigenvalue weighted by Gasteiger charge is 2.30. The maximum absolute atomic E-state index is 13.3. The number of benzene rings is 2. The molecule has 8 nitrogen and oxygen atoms in total. The Kier molecular flexibility index (Phi) is 6.51. The van der Waals surface area contributed by atoms with Gasteiger partial charge >= 0.3 is 11.9 Å². The van der Waals surface area contributed by atoms with Crippen molar-refractivity contribution in [3.05, 3.63) is 80.5 Å². The van der Waals surface area contributed by atoms with Gasteiger partial charge in [-0.3, -0.25) is 14.2 Å². The molecule has 4 rings (SSSR count). The van der Waals surface area contributed by atoms with E-state index in [1.54, 1.807) is 24.3 Å². The summed E-state index contributed by atoms with van der Waals surface area (Å²) in [6, 6.07) is 11.1. The standard InChI is InChI=1S/C24H24F3N5O3/c1-3-15(2)28-20(33)11-12-30-21(34)18-9-4-5-10-19(18)32-22(30)29-31(23(32)35)14-16-7-6-8-17(13-16)24(25,26)27/h4-10,13,15H,3,11-12,14H2,1-2H3,(H,28,33). The molecule has 4 aromatic rings. The van der Waals surface area contributed by atoms with E-state index in [0.717, 1.165) is 23.2 Å². The van der Waals surface area contributed by atoms with Crippen LogP contribution < -0.4 is 16.6 Å². The Balaban J connectivity index is 1.80. The summed E-state index contributed by atoms with van der Waals surface area (Å²) in [6.07, 6.45) is -3.78. The zero-order valence-corrected chi connectivity index (χ0v) is 19.2. The zero-order chi connectivity index (χ0) is 25.3. The molecule has 1 N–H and O–H groups in total. The Hall–Kier alpha value is -3.89. The first kappa shape index (κ1) is 24.2. The Morgan fingerprint density at radius 2 is 1.86 bits per heavy atom. The Labute approximate surface area is 197 Å². The molecule has 2 heterocycles. The van der Waals surface area contributed by atoms with Gasteiger partial charge in [0.2, 0.25) is 11.7 Å². The van der Waals surface area contributed by atoms with Crippen LogP contribution in [-0.4, -0.2) is 30.7 Å². The van der Waals surface area contributed by atoms with E-state index in [2.05, 4.69) is 10.4 Å². The summed E-state index contributed by atoms with van der Waals surface area (Å²) >= 11 is 0. The van der Waals surface area contributed by atoms with Gasteiger partial charge in [0.05, 0.1) is 23.0 Å². The fraction of sp³-hybridized carbons (Fsp3) is 0.333. The van der Waals surface area contributed by atoms with E-state index in [1.807, 2.05) is 13.8 Å². The highest BCUT2D eigenvalue weighted by molar-refractivity contribution is 5.80. The third-order valence-electron chi connectivity index (χ3n) is 5.85. The van der Waals surface area contributed by atoms with Crippen LogP contribution >= 0.6 is 0 Å². The van der Waals surface area contributed by atoms with Gasteiger partial charge in [0, 0.05) is 19.0 Å². The highest BCUT2D eigenvalue weighted by Crippen LogP contribution is 2.29. The van der Waals surface area contributed by atoms with Crippen molar-refractivity contribution in [2.75, 3.05) is 0 Å². The first-order chi connectivity index (χ1) is 16.6. The van der Waals surface area contributed by atoms with Gasteiger partial charge in [-0.1, -0.05) is 31.2 Å². The smallest absolute Gasteiger partial charge is 0.354 e. The lowest BCUT2D eigenvalue weighted by Gasteiger charge is -2.12. The van der Waals surface area contributed by atoms with E-state index >= 15 is 0 Å². The maximum atomic E-state index is 13.3. The number of amides is 1. The van der Waals surface area contributed by atoms with E-state index in [1.165, 1.54) is 21.1 Å². The van der Waals surface area contributed by atoms with Crippen molar-refractivity contribution >= 4 is 22.6 Å². The number of halogens is 3. The molecule has 2 aromatic heterocycles. The second-order valence-corrected chi connectivity index (χ2v) is 8.37. The minimum absolute atomic E-state index is 0.00702. The molecule has 1 unspecified atom stereocenters. The van der Waals surface area contributed by atoms with Crippen LogP contribution in [0, 0.1) is 0 Å². The second-order valence-electron chi connectivity index (χ2n) is 8.37. The second kappa shape index (κ2) is 9.40. The van der Waals surface area contributed by atoms with Crippen LogP contribution in [0.2, 0.25) is 0 Å². The molecule has 0 saturated heterocycles. The van der Waals surface area contributed by atoms with Crippen LogP contribution in [-0.2, 0) is 24.1 Å². The summed E-state index contributed by atoms with van der Waals surface area (Å²) in [7, 11) is 0. The minimum atomic E-state index is -4.52. The van der Waals surface area contributed by atoms with Crippen LogP contribution in [0.15, 0.2) is 58.1 Å². The SMILES string of the molecule is CCC(C)NC(=O)CCn1c(=O)c2ccccc2n2c(=O)n(Cc3cccc(C(F)(F)F)c3)nc12. The van der Waals surface area contributed by atoms with E-state index in [0.29, 0.717) is 5.52 Å². The lowest BCUT2D eigenvalue weighted by atomic mass is 10.1. The molecule has 0 spiro atoms. The predicted octanol–water partition coefficient (Wildman–Crippen LogP) is 3.18. The molecule has 0 aliphatic heterocycles. The summed E-state index contributed by atoms with van der Waals surface area (Å²) in [5.74, 6) is -0.231. The molecular weight excluding hydrogens is 463 g/mol. The van der Waals surface area contributed by atoms with E-state index in [9.17, 15) is 27.6 Å². The van der Waals surface area contributed by atoms with Gasteiger partial charge in [-0.25, -0.2) is 13.9 Å². The van der Waals surface area contributed by atoms with Gasteiger partial charge in [0.25, 0.3) is 5.56 Å². The maximum Gasteiger partial charge on any atom is 0.416 e. The summed E-state index contributed by atoms with van der Waals surface area (Å²) in [5.41, 5.74) is -1.29. The van der Waals surface area contributed by atoms with Gasteiger partial charge in [-0.15, -0.1) is 5.10 Å². The number of para-hydroxylation sites is 1. The molecule has 11 heteroatoms. The van der Waals surface area contributed by atoms with Crippen molar-refractivity contribution in [2.24, 2.45) is 0 Å². The number of fused-ring (bicyclic) bond motifs is 3. The topological polar surface area (TPSA) is 90.4 Å². The number of carbonyl (C=O) groups is 1. The molecule has 0 fully saturated rings. The number of aromatic nitrogens is 4. The van der Waals surface area contributed by atoms with E-state index in [-0.39, 0.29) is 48.2 Å². The number of aryl methyl sites for hydroxylation is 1. The summed E-state index contributed by atoms with van der Waals surface area (Å²) in [5, 5.41) is 7.38. The van der Waals surface area contributed by atoms with Crippen LogP contribution in [0.3, 0.4) is 0 Å². The number of rotatable bonds is 7. The third kappa shape index (κ3) is 4.84. The Bertz CT molecular complexity index is 1520. The minimum Gasteiger partial charge on any atom is -0.354 e. The molecule has 0 radical (unpaired) electrons. The number of hydrogen-bond donors (Lipinski definition) is 1. The zero-order valence-electron chi connectivity index (χ0n) is 19.2. The predicted molar refractivity (Wildman–Crippen MR) is 124 cm³/mol. The average Bonchev–Trinajstić information content (AvgIpc) is 3.14. The third-order valence-corrected chi connectivity index (χ3v) is 5.85. The monoisotopic (exact) mass is 487 g/mol. The number of nitrogens with zero attached hydrogens (tertiary/aromatic N) is 4. The van der Waals surface area contributed by atoms with Crippen molar-refractivity contribution in [1.82, 2.24) is 24.1 Å². The van der Waals surface area contributed by atoms with Gasteiger partial charge in [0.15, 0.2) is 0 Å². The molecule has 1 atom stereocenters. The molecule has 0 bridgehead atoms. The van der Waals surface area contributed by atoms with Crippen molar-refractivity contribution in [2.45, 2.75) is 52.0 Å². The lowest BCUT2D eigenvalue weighted by molar-refractivity contribution is -0.137. The first-order valence-corrected chi connectivity index (χ1v) is 11.2. The molecule has 1 amide bonds. The largest absolute Gasteiger partial charge is 0.416 e. The summed E-state index contributed by atoms with van der Waals surface area (Å²) < 4.78 is 42.9. The van der Waals surface area contributed by atoms with E-state index in [4.69, 9.17) is 0 Å². The average molecular weight is 487 g/mol. The Morgan fingerprint density at radius 3 is 2.57 bits per heavy atom. The summed E-state index contributed by atoms with van der Waals surface area (Å²) in [4.78, 5) is 38.8. The molecule has 35 heavy (non-hydrogen) atoms. The first-order valence-electron chi connectivity index (χ1n) is 11.2. The van der Waals surface area contributed by atoms with Gasteiger partial charge in [-0.05, 0) is 43.2 Å². The van der Waals surface area contributed by atoms with Crippen molar-refractivity contribution in [1.29, 1.82) is 0 Å².